The summed E-state index contributed by atoms with van der Waals surface area (Å²) in [7, 11) is 0. The molecule has 4 rings (SSSR count). The Morgan fingerprint density at radius 2 is 1.96 bits per heavy atom. The molecule has 0 bridgehead atoms. The van der Waals surface area contributed by atoms with Gasteiger partial charge in [-0.1, -0.05) is 32.0 Å². The minimum atomic E-state index is -0.113. The number of benzene rings is 1. The first-order valence-corrected chi connectivity index (χ1v) is 9.24. The number of rotatable bonds is 5. The summed E-state index contributed by atoms with van der Waals surface area (Å²) in [5.41, 5.74) is 3.35. The van der Waals surface area contributed by atoms with Gasteiger partial charge in [-0.2, -0.15) is 5.10 Å². The monoisotopic (exact) mass is 371 g/mol. The number of hydrogen-bond acceptors (Lipinski definition) is 4. The van der Waals surface area contributed by atoms with E-state index in [4.69, 9.17) is 0 Å². The highest BCUT2D eigenvalue weighted by molar-refractivity contribution is 6.06. The van der Waals surface area contributed by atoms with Gasteiger partial charge in [-0.25, -0.2) is 9.67 Å². The lowest BCUT2D eigenvalue weighted by Gasteiger charge is -2.12. The van der Waals surface area contributed by atoms with Gasteiger partial charge in [0.1, 0.15) is 0 Å². The number of carbonyl (C=O) groups is 1. The molecule has 3 heterocycles. The largest absolute Gasteiger partial charge is 0.348 e. The molecule has 4 aromatic rings. The van der Waals surface area contributed by atoms with E-state index in [1.54, 1.807) is 17.1 Å². The van der Waals surface area contributed by atoms with Gasteiger partial charge in [0.2, 0.25) is 0 Å². The van der Waals surface area contributed by atoms with Crippen molar-refractivity contribution >= 4 is 16.8 Å². The Morgan fingerprint density at radius 3 is 2.75 bits per heavy atom. The van der Waals surface area contributed by atoms with Gasteiger partial charge in [0.25, 0.3) is 5.91 Å². The molecule has 1 aromatic carbocycles. The lowest BCUT2D eigenvalue weighted by Crippen LogP contribution is -2.23. The predicted octanol–water partition coefficient (Wildman–Crippen LogP) is 3.87. The minimum Gasteiger partial charge on any atom is -0.348 e. The molecule has 0 atom stereocenters. The number of nitrogens with zero attached hydrogens (tertiary/aromatic N) is 4. The van der Waals surface area contributed by atoms with E-state index in [1.807, 2.05) is 54.7 Å². The zero-order chi connectivity index (χ0) is 19.5. The molecule has 140 valence electrons. The zero-order valence-corrected chi connectivity index (χ0v) is 15.8. The second kappa shape index (κ2) is 7.60. The summed E-state index contributed by atoms with van der Waals surface area (Å²) in [4.78, 5) is 21.9. The third kappa shape index (κ3) is 3.62. The zero-order valence-electron chi connectivity index (χ0n) is 15.8. The number of amides is 1. The summed E-state index contributed by atoms with van der Waals surface area (Å²) < 4.78 is 1.69. The van der Waals surface area contributed by atoms with E-state index in [2.05, 4.69) is 34.2 Å². The summed E-state index contributed by atoms with van der Waals surface area (Å²) in [5.74, 6) is 0.846. The fourth-order valence-corrected chi connectivity index (χ4v) is 3.06. The summed E-state index contributed by atoms with van der Waals surface area (Å²) in [5, 5.41) is 8.07. The third-order valence-corrected chi connectivity index (χ3v) is 4.57. The first-order valence-electron chi connectivity index (χ1n) is 9.24. The van der Waals surface area contributed by atoms with Gasteiger partial charge in [0, 0.05) is 36.2 Å². The van der Waals surface area contributed by atoms with E-state index in [0.717, 1.165) is 22.2 Å². The highest BCUT2D eigenvalue weighted by Gasteiger charge is 2.14. The molecule has 1 N–H and O–H groups in total. The number of nitrogens with one attached hydrogen (secondary N) is 1. The van der Waals surface area contributed by atoms with Crippen molar-refractivity contribution < 1.29 is 4.79 Å². The van der Waals surface area contributed by atoms with Crippen molar-refractivity contribution in [2.75, 3.05) is 0 Å². The first-order chi connectivity index (χ1) is 13.6. The molecule has 6 heteroatoms. The summed E-state index contributed by atoms with van der Waals surface area (Å²) in [6.45, 7) is 4.56. The van der Waals surface area contributed by atoms with E-state index in [-0.39, 0.29) is 11.8 Å². The molecule has 3 aromatic heterocycles. The summed E-state index contributed by atoms with van der Waals surface area (Å²) in [6, 6.07) is 15.3. The normalized spacial score (nSPS) is 11.1. The van der Waals surface area contributed by atoms with Crippen LogP contribution in [0.5, 0.6) is 0 Å². The first kappa shape index (κ1) is 17.9. The van der Waals surface area contributed by atoms with Crippen molar-refractivity contribution in [2.24, 2.45) is 0 Å². The fraction of sp³-hybridized carbons (Fsp3) is 0.182. The lowest BCUT2D eigenvalue weighted by atomic mass is 10.0. The van der Waals surface area contributed by atoms with Gasteiger partial charge >= 0.3 is 0 Å². The maximum Gasteiger partial charge on any atom is 0.252 e. The summed E-state index contributed by atoms with van der Waals surface area (Å²) >= 11 is 0. The second-order valence-corrected chi connectivity index (χ2v) is 6.92. The summed E-state index contributed by atoms with van der Waals surface area (Å²) in [6.07, 6.45) is 5.26. The molecule has 28 heavy (non-hydrogen) atoms. The van der Waals surface area contributed by atoms with Gasteiger partial charge in [-0.05, 0) is 41.8 Å². The Hall–Kier alpha value is -3.54. The van der Waals surface area contributed by atoms with Crippen molar-refractivity contribution in [2.45, 2.75) is 26.3 Å². The number of carbonyl (C=O) groups excluding carboxylic acids is 1. The van der Waals surface area contributed by atoms with E-state index >= 15 is 0 Å². The Bertz CT molecular complexity index is 1120. The molecule has 0 spiro atoms. The molecular weight excluding hydrogens is 350 g/mol. The van der Waals surface area contributed by atoms with Gasteiger partial charge in [-0.3, -0.25) is 9.78 Å². The van der Waals surface area contributed by atoms with Crippen LogP contribution in [0.25, 0.3) is 16.7 Å². The van der Waals surface area contributed by atoms with Crippen LogP contribution in [0.2, 0.25) is 0 Å². The molecule has 0 saturated heterocycles. The molecule has 1 amide bonds. The number of fused-ring (bicyclic) bond motifs is 1. The molecule has 0 saturated carbocycles. The third-order valence-electron chi connectivity index (χ3n) is 4.57. The van der Waals surface area contributed by atoms with Crippen molar-refractivity contribution in [1.82, 2.24) is 25.1 Å². The van der Waals surface area contributed by atoms with Crippen molar-refractivity contribution in [3.63, 3.8) is 0 Å². The highest BCUT2D eigenvalue weighted by Crippen LogP contribution is 2.22. The average Bonchev–Trinajstić information content (AvgIpc) is 3.26. The molecule has 0 radical (unpaired) electrons. The molecule has 0 aliphatic carbocycles. The molecule has 0 fully saturated rings. The standard InChI is InChI=1S/C22H21N5O/c1-15(2)20-13-18(17-6-3-4-7-19(17)26-20)22(28)24-14-16-8-10-23-21(12-16)27-11-5-9-25-27/h3-13,15H,14H2,1-2H3,(H,24,28). The predicted molar refractivity (Wildman–Crippen MR) is 108 cm³/mol. The Balaban J connectivity index is 1.58. The van der Waals surface area contributed by atoms with Gasteiger partial charge in [-0.15, -0.1) is 0 Å². The van der Waals surface area contributed by atoms with Crippen LogP contribution in [0.1, 0.15) is 41.4 Å². The molecule has 6 nitrogen and oxygen atoms in total. The molecular formula is C22H21N5O. The van der Waals surface area contributed by atoms with Crippen LogP contribution < -0.4 is 5.32 Å². The van der Waals surface area contributed by atoms with E-state index in [9.17, 15) is 4.79 Å². The topological polar surface area (TPSA) is 72.7 Å². The minimum absolute atomic E-state index is 0.113. The van der Waals surface area contributed by atoms with Crippen LogP contribution in [0.3, 0.4) is 0 Å². The Labute approximate surface area is 163 Å². The van der Waals surface area contributed by atoms with Gasteiger partial charge in [0.15, 0.2) is 5.82 Å². The van der Waals surface area contributed by atoms with Crippen LogP contribution in [-0.2, 0) is 6.54 Å². The number of para-hydroxylation sites is 1. The maximum absolute atomic E-state index is 12.9. The van der Waals surface area contributed by atoms with Crippen LogP contribution in [0, 0.1) is 0 Å². The number of hydrogen-bond donors (Lipinski definition) is 1. The van der Waals surface area contributed by atoms with Crippen molar-refractivity contribution in [1.29, 1.82) is 0 Å². The van der Waals surface area contributed by atoms with Crippen LogP contribution in [-0.4, -0.2) is 25.7 Å². The number of aromatic nitrogens is 4. The smallest absolute Gasteiger partial charge is 0.252 e. The van der Waals surface area contributed by atoms with E-state index in [1.165, 1.54) is 0 Å². The molecule has 0 aliphatic heterocycles. The number of pyridine rings is 2. The van der Waals surface area contributed by atoms with Crippen molar-refractivity contribution in [3.8, 4) is 5.82 Å². The lowest BCUT2D eigenvalue weighted by molar-refractivity contribution is 0.0952. The van der Waals surface area contributed by atoms with Gasteiger partial charge in [0.05, 0.1) is 11.1 Å². The SMILES string of the molecule is CC(C)c1cc(C(=O)NCc2ccnc(-n3cccn3)c2)c2ccccc2n1. The highest BCUT2D eigenvalue weighted by atomic mass is 16.1. The van der Waals surface area contributed by atoms with Crippen LogP contribution in [0.15, 0.2) is 67.1 Å². The fourth-order valence-electron chi connectivity index (χ4n) is 3.06. The average molecular weight is 371 g/mol. The maximum atomic E-state index is 12.9. The van der Waals surface area contributed by atoms with E-state index < -0.39 is 0 Å². The Kier molecular flexibility index (Phi) is 4.85. The van der Waals surface area contributed by atoms with Crippen molar-refractivity contribution in [3.05, 3.63) is 83.9 Å². The van der Waals surface area contributed by atoms with E-state index in [0.29, 0.717) is 17.9 Å². The second-order valence-electron chi connectivity index (χ2n) is 6.92. The van der Waals surface area contributed by atoms with Crippen LogP contribution >= 0.6 is 0 Å². The van der Waals surface area contributed by atoms with Crippen LogP contribution in [0.4, 0.5) is 0 Å². The van der Waals surface area contributed by atoms with Gasteiger partial charge < -0.3 is 5.32 Å². The molecule has 0 unspecified atom stereocenters. The molecule has 0 aliphatic rings. The Morgan fingerprint density at radius 1 is 1.11 bits per heavy atom. The quantitative estimate of drug-likeness (QED) is 0.578.